The van der Waals surface area contributed by atoms with E-state index in [9.17, 15) is 18.8 Å². The third-order valence-corrected chi connectivity index (χ3v) is 7.38. The van der Waals surface area contributed by atoms with Gasteiger partial charge in [-0.2, -0.15) is 0 Å². The number of benzene rings is 2. The maximum atomic E-state index is 13.6. The highest BCUT2D eigenvalue weighted by atomic mass is 19.1. The first-order valence-electron chi connectivity index (χ1n) is 15.0. The van der Waals surface area contributed by atoms with Gasteiger partial charge in [-0.15, -0.1) is 0 Å². The summed E-state index contributed by atoms with van der Waals surface area (Å²) in [5.74, 6) is -0.523. The smallest absolute Gasteiger partial charge is 0.243 e. The van der Waals surface area contributed by atoms with E-state index >= 15 is 0 Å². The van der Waals surface area contributed by atoms with Gasteiger partial charge in [-0.3, -0.25) is 14.4 Å². The molecule has 1 aliphatic carbocycles. The van der Waals surface area contributed by atoms with Crippen molar-refractivity contribution in [1.29, 1.82) is 0 Å². The molecule has 7 nitrogen and oxygen atoms in total. The molecular weight excluding hydrogens is 521 g/mol. The molecule has 0 saturated heterocycles. The number of ether oxygens (including phenoxy) is 1. The Kier molecular flexibility index (Phi) is 12.6. The van der Waals surface area contributed by atoms with Crippen LogP contribution in [0.2, 0.25) is 0 Å². The lowest BCUT2D eigenvalue weighted by atomic mass is 9.97. The number of carbonyl (C=O) groups excluding carboxylic acids is 3. The fourth-order valence-corrected chi connectivity index (χ4v) is 4.80. The number of amides is 3. The predicted molar refractivity (Wildman–Crippen MR) is 159 cm³/mol. The van der Waals surface area contributed by atoms with Crippen molar-refractivity contribution in [2.24, 2.45) is 17.8 Å². The summed E-state index contributed by atoms with van der Waals surface area (Å²) in [5, 5.41) is 8.79. The van der Waals surface area contributed by atoms with E-state index in [0.29, 0.717) is 31.9 Å². The van der Waals surface area contributed by atoms with Gasteiger partial charge >= 0.3 is 0 Å². The number of rotatable bonds is 17. The maximum absolute atomic E-state index is 13.6. The fourth-order valence-electron chi connectivity index (χ4n) is 4.80. The van der Waals surface area contributed by atoms with Gasteiger partial charge in [-0.1, -0.05) is 70.9 Å². The van der Waals surface area contributed by atoms with Crippen molar-refractivity contribution in [3.8, 4) is 5.75 Å². The molecule has 0 heterocycles. The topological polar surface area (TPSA) is 96.5 Å². The first-order valence-corrected chi connectivity index (χ1v) is 15.0. The van der Waals surface area contributed by atoms with Crippen molar-refractivity contribution in [2.45, 2.75) is 84.7 Å². The summed E-state index contributed by atoms with van der Waals surface area (Å²) >= 11 is 0. The van der Waals surface area contributed by atoms with Crippen LogP contribution in [0.3, 0.4) is 0 Å². The van der Waals surface area contributed by atoms with Gasteiger partial charge in [-0.05, 0) is 73.3 Å². The second kappa shape index (κ2) is 16.1. The Morgan fingerprint density at radius 2 is 1.73 bits per heavy atom. The summed E-state index contributed by atoms with van der Waals surface area (Å²) < 4.78 is 19.4. The van der Waals surface area contributed by atoms with Crippen molar-refractivity contribution in [1.82, 2.24) is 16.0 Å². The van der Waals surface area contributed by atoms with Gasteiger partial charge < -0.3 is 20.7 Å². The Bertz CT molecular complexity index is 1150. The summed E-state index contributed by atoms with van der Waals surface area (Å²) in [6, 6.07) is 12.7. The number of hydrogen-bond donors (Lipinski definition) is 3. The van der Waals surface area contributed by atoms with E-state index in [1.165, 1.54) is 12.1 Å². The monoisotopic (exact) mass is 567 g/mol. The van der Waals surface area contributed by atoms with Crippen LogP contribution in [0.4, 0.5) is 4.39 Å². The van der Waals surface area contributed by atoms with Gasteiger partial charge in [0.25, 0.3) is 0 Å². The standard InChI is InChI=1S/C33H46FN3O4/c1-5-18-41-29-14-7-6-11-26(29)12-9-17-35-32(39)28(21-24-15-16-24)36-33(40)30(22(2)3)37-31(38)23(4)19-25-10-8-13-27(34)20-25/h6-8,10-11,13-14,20,22-24,28,30H,5,9,12,15-19,21H2,1-4H3,(H,35,39)(H,36,40)(H,37,38)/t23-,28+,30-/m1/s1. The first-order chi connectivity index (χ1) is 19.7. The van der Waals surface area contributed by atoms with Gasteiger partial charge in [0.2, 0.25) is 17.7 Å². The average molecular weight is 568 g/mol. The quantitative estimate of drug-likeness (QED) is 0.235. The molecule has 2 aromatic carbocycles. The van der Waals surface area contributed by atoms with Crippen LogP contribution in [-0.4, -0.2) is 43.0 Å². The van der Waals surface area contributed by atoms with Crippen LogP contribution >= 0.6 is 0 Å². The number of para-hydroxylation sites is 1. The molecule has 2 aromatic rings. The molecule has 0 bridgehead atoms. The van der Waals surface area contributed by atoms with Gasteiger partial charge in [0.05, 0.1) is 6.61 Å². The summed E-state index contributed by atoms with van der Waals surface area (Å²) in [7, 11) is 0. The molecule has 3 atom stereocenters. The van der Waals surface area contributed by atoms with E-state index < -0.39 is 18.0 Å². The maximum Gasteiger partial charge on any atom is 0.243 e. The minimum atomic E-state index is -0.786. The minimum Gasteiger partial charge on any atom is -0.493 e. The van der Waals surface area contributed by atoms with Crippen LogP contribution in [0.1, 0.15) is 70.9 Å². The van der Waals surface area contributed by atoms with E-state index in [4.69, 9.17) is 4.74 Å². The molecule has 0 aliphatic heterocycles. The fraction of sp³-hybridized carbons (Fsp3) is 0.545. The summed E-state index contributed by atoms with van der Waals surface area (Å²) in [6.07, 6.45) is 5.50. The van der Waals surface area contributed by atoms with Crippen molar-refractivity contribution in [3.63, 3.8) is 0 Å². The molecule has 1 aliphatic rings. The lowest BCUT2D eigenvalue weighted by Gasteiger charge is -2.26. The second-order valence-electron chi connectivity index (χ2n) is 11.6. The highest BCUT2D eigenvalue weighted by molar-refractivity contribution is 5.92. The number of nitrogens with one attached hydrogen (secondary N) is 3. The minimum absolute atomic E-state index is 0.181. The molecule has 41 heavy (non-hydrogen) atoms. The lowest BCUT2D eigenvalue weighted by molar-refractivity contribution is -0.134. The molecule has 224 valence electrons. The lowest BCUT2D eigenvalue weighted by Crippen LogP contribution is -2.56. The molecule has 0 aromatic heterocycles. The molecule has 0 radical (unpaired) electrons. The zero-order chi connectivity index (χ0) is 29.8. The Balaban J connectivity index is 1.53. The van der Waals surface area contributed by atoms with Crippen molar-refractivity contribution < 1.29 is 23.5 Å². The van der Waals surface area contributed by atoms with Gasteiger partial charge in [0.1, 0.15) is 23.7 Å². The average Bonchev–Trinajstić information content (AvgIpc) is 3.76. The molecule has 8 heteroatoms. The van der Waals surface area contributed by atoms with E-state index in [1.54, 1.807) is 19.1 Å². The van der Waals surface area contributed by atoms with E-state index in [1.807, 2.05) is 38.1 Å². The molecule has 1 saturated carbocycles. The second-order valence-corrected chi connectivity index (χ2v) is 11.6. The molecule has 3 N–H and O–H groups in total. The molecule has 3 amide bonds. The first kappa shape index (κ1) is 32.1. The van der Waals surface area contributed by atoms with Crippen LogP contribution in [-0.2, 0) is 27.2 Å². The molecule has 0 unspecified atom stereocenters. The van der Waals surface area contributed by atoms with Crippen LogP contribution in [0, 0.1) is 23.6 Å². The van der Waals surface area contributed by atoms with E-state index in [2.05, 4.69) is 22.9 Å². The van der Waals surface area contributed by atoms with Crippen LogP contribution in [0.15, 0.2) is 48.5 Å². The number of hydrogen-bond acceptors (Lipinski definition) is 4. The largest absolute Gasteiger partial charge is 0.493 e. The van der Waals surface area contributed by atoms with Crippen LogP contribution in [0.25, 0.3) is 0 Å². The van der Waals surface area contributed by atoms with Crippen molar-refractivity contribution >= 4 is 17.7 Å². The van der Waals surface area contributed by atoms with Gasteiger partial charge in [0, 0.05) is 12.5 Å². The summed E-state index contributed by atoms with van der Waals surface area (Å²) in [4.78, 5) is 39.4. The highest BCUT2D eigenvalue weighted by Gasteiger charge is 2.33. The van der Waals surface area contributed by atoms with Crippen molar-refractivity contribution in [2.75, 3.05) is 13.2 Å². The predicted octanol–water partition coefficient (Wildman–Crippen LogP) is 4.97. The molecule has 3 rings (SSSR count). The third-order valence-electron chi connectivity index (χ3n) is 7.38. The third kappa shape index (κ3) is 10.8. The number of aryl methyl sites for hydroxylation is 1. The van der Waals surface area contributed by atoms with Crippen LogP contribution < -0.4 is 20.7 Å². The zero-order valence-corrected chi connectivity index (χ0v) is 24.9. The Hall–Kier alpha value is -3.42. The zero-order valence-electron chi connectivity index (χ0n) is 24.9. The Morgan fingerprint density at radius 1 is 0.976 bits per heavy atom. The molecule has 1 fully saturated rings. The Labute approximate surface area is 244 Å². The van der Waals surface area contributed by atoms with Gasteiger partial charge in [-0.25, -0.2) is 4.39 Å². The van der Waals surface area contributed by atoms with Crippen LogP contribution in [0.5, 0.6) is 5.75 Å². The Morgan fingerprint density at radius 3 is 2.41 bits per heavy atom. The van der Waals surface area contributed by atoms with E-state index in [0.717, 1.165) is 49.0 Å². The normalized spacial score (nSPS) is 15.1. The van der Waals surface area contributed by atoms with E-state index in [-0.39, 0.29) is 29.5 Å². The summed E-state index contributed by atoms with van der Waals surface area (Å²) in [6.45, 7) is 8.70. The van der Waals surface area contributed by atoms with Gasteiger partial charge in [0.15, 0.2) is 0 Å². The molecule has 0 spiro atoms. The molecular formula is C33H46FN3O4. The van der Waals surface area contributed by atoms with Crippen molar-refractivity contribution in [3.05, 3.63) is 65.5 Å². The highest BCUT2D eigenvalue weighted by Crippen LogP contribution is 2.33. The number of carbonyl (C=O) groups is 3. The summed E-state index contributed by atoms with van der Waals surface area (Å²) in [5.41, 5.74) is 1.83. The SMILES string of the molecule is CCCOc1ccccc1CCCNC(=O)[C@H](CC1CC1)NC(=O)[C@H](NC(=O)[C@H](C)Cc1cccc(F)c1)C(C)C. The number of halogens is 1.